The zero-order valence-electron chi connectivity index (χ0n) is 11.7. The highest BCUT2D eigenvalue weighted by Gasteiger charge is 2.23. The Labute approximate surface area is 121 Å². The molecular formula is C12H17F3N2OS2. The van der Waals surface area contributed by atoms with Gasteiger partial charge in [-0.2, -0.15) is 8.78 Å². The molecule has 0 aliphatic carbocycles. The van der Waals surface area contributed by atoms with Crippen molar-refractivity contribution in [2.24, 2.45) is 4.36 Å². The fourth-order valence-corrected chi connectivity index (χ4v) is 4.53. The van der Waals surface area contributed by atoms with Gasteiger partial charge in [-0.25, -0.2) is 17.9 Å². The van der Waals surface area contributed by atoms with E-state index < -0.39 is 28.1 Å². The second-order valence-electron chi connectivity index (χ2n) is 5.19. The van der Waals surface area contributed by atoms with E-state index >= 15 is 0 Å². The molecule has 1 heterocycles. The Balaban J connectivity index is 3.05. The van der Waals surface area contributed by atoms with Crippen molar-refractivity contribution in [3.63, 3.8) is 0 Å². The van der Waals surface area contributed by atoms with Crippen LogP contribution in [0.15, 0.2) is 26.0 Å². The van der Waals surface area contributed by atoms with Crippen LogP contribution in [-0.4, -0.2) is 22.0 Å². The van der Waals surface area contributed by atoms with E-state index in [1.165, 1.54) is 7.05 Å². The fraction of sp³-hybridized carbons (Fsp3) is 0.583. The van der Waals surface area contributed by atoms with Crippen molar-refractivity contribution >= 4 is 21.1 Å². The molecule has 1 aromatic heterocycles. The average Bonchev–Trinajstić information content (AvgIpc) is 2.85. The van der Waals surface area contributed by atoms with Gasteiger partial charge in [0.1, 0.15) is 9.73 Å². The molecule has 0 radical (unpaired) electrons. The van der Waals surface area contributed by atoms with Gasteiger partial charge in [-0.3, -0.25) is 0 Å². The Bertz CT molecular complexity index is 619. The maximum atomic E-state index is 12.8. The van der Waals surface area contributed by atoms with Crippen molar-refractivity contribution in [3.05, 3.63) is 23.0 Å². The fourth-order valence-electron chi connectivity index (χ4n) is 1.33. The topological polar surface area (TPSA) is 42.3 Å². The largest absolute Gasteiger partial charge is 0.301 e. The molecular weight excluding hydrogens is 309 g/mol. The number of hydrogen-bond donors (Lipinski definition) is 0. The molecule has 0 aliphatic rings. The molecule has 0 bridgehead atoms. The third kappa shape index (κ3) is 4.05. The molecule has 3 nitrogen and oxygen atoms in total. The van der Waals surface area contributed by atoms with Crippen molar-refractivity contribution in [1.82, 2.24) is 4.98 Å². The molecule has 0 amide bonds. The van der Waals surface area contributed by atoms with Crippen LogP contribution in [0.3, 0.4) is 0 Å². The summed E-state index contributed by atoms with van der Waals surface area (Å²) in [7, 11) is -1.62. The predicted molar refractivity (Wildman–Crippen MR) is 75.4 cm³/mol. The van der Waals surface area contributed by atoms with Crippen LogP contribution in [0, 0.1) is 0 Å². The first-order valence-corrected chi connectivity index (χ1v) is 8.45. The monoisotopic (exact) mass is 326 g/mol. The summed E-state index contributed by atoms with van der Waals surface area (Å²) in [6.45, 7) is 5.87. The molecule has 0 saturated heterocycles. The summed E-state index contributed by atoms with van der Waals surface area (Å²) in [5.74, 6) is -1.85. The van der Waals surface area contributed by atoms with Gasteiger partial charge in [0.05, 0.1) is 5.69 Å². The number of rotatable bonds is 4. The second-order valence-corrected chi connectivity index (χ2v) is 8.75. The van der Waals surface area contributed by atoms with Crippen molar-refractivity contribution in [2.75, 3.05) is 12.8 Å². The van der Waals surface area contributed by atoms with Crippen molar-refractivity contribution in [2.45, 2.75) is 36.9 Å². The highest BCUT2D eigenvalue weighted by Crippen LogP contribution is 2.28. The van der Waals surface area contributed by atoms with Crippen molar-refractivity contribution in [3.8, 4) is 0 Å². The molecule has 1 rings (SSSR count). The number of aromatic nitrogens is 1. The highest BCUT2D eigenvalue weighted by molar-refractivity contribution is 7.95. The summed E-state index contributed by atoms with van der Waals surface area (Å²) in [5.41, 5.74) is 0.542. The Kier molecular flexibility index (Phi) is 5.37. The Morgan fingerprint density at radius 1 is 1.40 bits per heavy atom. The molecule has 0 aliphatic heterocycles. The van der Waals surface area contributed by atoms with E-state index in [4.69, 9.17) is 0 Å². The van der Waals surface area contributed by atoms with E-state index in [1.807, 2.05) is 20.8 Å². The molecule has 1 atom stereocenters. The number of nitrogens with zero attached hydrogens (tertiary/aromatic N) is 2. The van der Waals surface area contributed by atoms with E-state index in [-0.39, 0.29) is 15.5 Å². The number of halogens is 3. The van der Waals surface area contributed by atoms with Gasteiger partial charge in [0, 0.05) is 30.0 Å². The first-order chi connectivity index (χ1) is 9.10. The molecule has 0 saturated carbocycles. The van der Waals surface area contributed by atoms with Crippen LogP contribution in [0.2, 0.25) is 0 Å². The quantitative estimate of drug-likeness (QED) is 0.825. The van der Waals surface area contributed by atoms with Gasteiger partial charge in [-0.05, 0) is 0 Å². The van der Waals surface area contributed by atoms with Gasteiger partial charge in [0.2, 0.25) is 0 Å². The van der Waals surface area contributed by atoms with Crippen LogP contribution in [0.25, 0.3) is 0 Å². The third-order valence-electron chi connectivity index (χ3n) is 2.62. The molecule has 20 heavy (non-hydrogen) atoms. The van der Waals surface area contributed by atoms with Crippen molar-refractivity contribution < 1.29 is 17.4 Å². The van der Waals surface area contributed by atoms with Gasteiger partial charge >= 0.3 is 6.08 Å². The van der Waals surface area contributed by atoms with Crippen LogP contribution < -0.4 is 0 Å². The van der Waals surface area contributed by atoms with Gasteiger partial charge in [-0.15, -0.1) is 11.3 Å². The first kappa shape index (κ1) is 17.2. The van der Waals surface area contributed by atoms with E-state index in [2.05, 4.69) is 9.35 Å². The minimum Gasteiger partial charge on any atom is -0.242 e. The van der Waals surface area contributed by atoms with Crippen LogP contribution >= 0.6 is 11.3 Å². The van der Waals surface area contributed by atoms with Gasteiger partial charge < -0.3 is 0 Å². The maximum Gasteiger partial charge on any atom is 0.301 e. The molecule has 0 N–H and O–H groups in total. The smallest absolute Gasteiger partial charge is 0.242 e. The lowest BCUT2D eigenvalue weighted by atomic mass is 9.93. The van der Waals surface area contributed by atoms with Gasteiger partial charge in [-0.1, -0.05) is 20.8 Å². The number of hydrogen-bond acceptors (Lipinski definition) is 4. The molecule has 0 spiro atoms. The summed E-state index contributed by atoms with van der Waals surface area (Å²) in [6.07, 6.45) is -2.99. The van der Waals surface area contributed by atoms with Gasteiger partial charge in [0.15, 0.2) is 10.2 Å². The lowest BCUT2D eigenvalue weighted by Crippen LogP contribution is -2.13. The number of thiazole rings is 1. The Morgan fingerprint density at radius 3 is 2.40 bits per heavy atom. The molecule has 0 aromatic carbocycles. The van der Waals surface area contributed by atoms with E-state index in [0.717, 1.165) is 17.0 Å². The van der Waals surface area contributed by atoms with E-state index in [0.29, 0.717) is 0 Å². The molecule has 8 heteroatoms. The first-order valence-electron chi connectivity index (χ1n) is 5.89. The summed E-state index contributed by atoms with van der Waals surface area (Å²) in [4.78, 5) is 4.27. The highest BCUT2D eigenvalue weighted by atomic mass is 32.2. The summed E-state index contributed by atoms with van der Waals surface area (Å²) in [5, 5.41) is 1.77. The summed E-state index contributed by atoms with van der Waals surface area (Å²) in [6, 6.07) is 0. The minimum atomic E-state index is -2.95. The molecule has 0 fully saturated rings. The third-order valence-corrected chi connectivity index (χ3v) is 6.31. The van der Waals surface area contributed by atoms with Crippen LogP contribution in [-0.2, 0) is 15.1 Å². The normalized spacial score (nSPS) is 14.8. The second kappa shape index (κ2) is 6.26. The lowest BCUT2D eigenvalue weighted by molar-refractivity contribution is 0.373. The summed E-state index contributed by atoms with van der Waals surface area (Å²) < 4.78 is 53.5. The molecule has 1 unspecified atom stereocenters. The Morgan fingerprint density at radius 2 is 2.00 bits per heavy atom. The maximum absolute atomic E-state index is 12.8. The Hall–Kier alpha value is -0.890. The predicted octanol–water partition coefficient (Wildman–Crippen LogP) is 4.37. The zero-order valence-corrected chi connectivity index (χ0v) is 13.4. The van der Waals surface area contributed by atoms with E-state index in [9.17, 15) is 17.4 Å². The SMILES string of the molecule is CN=S(=O)(CCC(F)=C(F)F)c1nc(C(C)(C)C)cs1. The summed E-state index contributed by atoms with van der Waals surface area (Å²) >= 11 is 1.16. The number of allylic oxidation sites excluding steroid dienone is 1. The standard InChI is InChI=1S/C12H17F3N2OS2/c1-12(2,3)9-7-19-11(17-9)20(18,16-4)6-5-8(13)10(14)15/h7H,5-6H2,1-4H3. The molecule has 1 aromatic rings. The average molecular weight is 326 g/mol. The molecule has 114 valence electrons. The van der Waals surface area contributed by atoms with Gasteiger partial charge in [0.25, 0.3) is 0 Å². The zero-order chi connectivity index (χ0) is 15.6. The van der Waals surface area contributed by atoms with Crippen LogP contribution in [0.5, 0.6) is 0 Å². The van der Waals surface area contributed by atoms with Crippen LogP contribution in [0.4, 0.5) is 13.2 Å². The van der Waals surface area contributed by atoms with Crippen LogP contribution in [0.1, 0.15) is 32.9 Å². The van der Waals surface area contributed by atoms with E-state index in [1.54, 1.807) is 5.38 Å². The minimum absolute atomic E-state index is 0.209. The lowest BCUT2D eigenvalue weighted by Gasteiger charge is -2.14. The van der Waals surface area contributed by atoms with Crippen molar-refractivity contribution in [1.29, 1.82) is 0 Å².